The van der Waals surface area contributed by atoms with Gasteiger partial charge in [0.15, 0.2) is 0 Å². The second-order valence-electron chi connectivity index (χ2n) is 8.98. The Hall–Kier alpha value is -2.75. The Balaban J connectivity index is 1.25. The topological polar surface area (TPSA) is 58.6 Å². The number of carbonyl (C=O) groups excluding carboxylic acids is 1. The van der Waals surface area contributed by atoms with Crippen LogP contribution in [0.25, 0.3) is 0 Å². The summed E-state index contributed by atoms with van der Waals surface area (Å²) in [5, 5.41) is 0. The zero-order valence-electron chi connectivity index (χ0n) is 17.9. The van der Waals surface area contributed by atoms with E-state index >= 15 is 0 Å². The summed E-state index contributed by atoms with van der Waals surface area (Å²) >= 11 is 0. The lowest BCUT2D eigenvalue weighted by atomic mass is 10.1. The lowest BCUT2D eigenvalue weighted by Crippen LogP contribution is -2.40. The number of hydrogen-bond donors (Lipinski definition) is 0. The van der Waals surface area contributed by atoms with Gasteiger partial charge in [-0.25, -0.2) is 9.37 Å². The Morgan fingerprint density at radius 2 is 1.91 bits per heavy atom. The van der Waals surface area contributed by atoms with Crippen molar-refractivity contribution < 1.29 is 27.1 Å². The molecule has 0 bridgehead atoms. The number of aromatic nitrogens is 2. The van der Waals surface area contributed by atoms with E-state index in [4.69, 9.17) is 4.74 Å². The van der Waals surface area contributed by atoms with Gasteiger partial charge >= 0.3 is 6.18 Å². The molecule has 0 spiro atoms. The number of carbonyl (C=O) groups is 1. The summed E-state index contributed by atoms with van der Waals surface area (Å²) in [4.78, 5) is 25.4. The van der Waals surface area contributed by atoms with Gasteiger partial charge in [-0.05, 0) is 37.5 Å². The third-order valence-corrected chi connectivity index (χ3v) is 6.54. The number of amides is 1. The maximum absolute atomic E-state index is 14.3. The molecule has 2 aliphatic heterocycles. The van der Waals surface area contributed by atoms with Gasteiger partial charge in [0.05, 0.1) is 29.2 Å². The molecule has 2 aromatic rings. The number of hydrogen-bond acceptors (Lipinski definition) is 5. The number of benzene rings is 1. The highest BCUT2D eigenvalue weighted by atomic mass is 19.4. The monoisotopic (exact) mass is 464 g/mol. The molecular formula is C23H24F4N4O2. The molecule has 176 valence electrons. The highest BCUT2D eigenvalue weighted by Crippen LogP contribution is 2.38. The van der Waals surface area contributed by atoms with Crippen LogP contribution in [0.3, 0.4) is 0 Å². The normalized spacial score (nSPS) is 23.8. The average Bonchev–Trinajstić information content (AvgIpc) is 3.58. The standard InChI is InChI=1S/C23H24F4N4O2/c24-19-5-4-15(23(25,26)27)8-18(19)22(32)31-7-1-6-30-13-17(9-16(30)12-31)33-21-11-28-20(10-29-21)14-2-3-14/h4-5,8,10-11,14,16-17H,1-3,6-7,9,12-13H2/t16-,17-/m1/s1. The van der Waals surface area contributed by atoms with E-state index in [9.17, 15) is 22.4 Å². The first-order valence-corrected chi connectivity index (χ1v) is 11.2. The minimum Gasteiger partial charge on any atom is -0.472 e. The van der Waals surface area contributed by atoms with Crippen molar-refractivity contribution in [1.29, 1.82) is 0 Å². The summed E-state index contributed by atoms with van der Waals surface area (Å²) in [6, 6.07) is 1.93. The van der Waals surface area contributed by atoms with Crippen LogP contribution in [0.4, 0.5) is 17.6 Å². The molecule has 1 aromatic carbocycles. The molecule has 1 amide bonds. The van der Waals surface area contributed by atoms with Crippen LogP contribution in [-0.2, 0) is 6.18 Å². The largest absolute Gasteiger partial charge is 0.472 e. The van der Waals surface area contributed by atoms with Crippen molar-refractivity contribution in [3.63, 3.8) is 0 Å². The van der Waals surface area contributed by atoms with E-state index in [0.29, 0.717) is 62.5 Å². The van der Waals surface area contributed by atoms with E-state index in [-0.39, 0.29) is 12.1 Å². The highest BCUT2D eigenvalue weighted by molar-refractivity contribution is 5.94. The number of halogens is 4. The van der Waals surface area contributed by atoms with E-state index in [2.05, 4.69) is 14.9 Å². The van der Waals surface area contributed by atoms with Crippen LogP contribution in [-0.4, -0.2) is 64.0 Å². The van der Waals surface area contributed by atoms with Crippen LogP contribution in [0.5, 0.6) is 5.88 Å². The molecule has 1 saturated carbocycles. The van der Waals surface area contributed by atoms with Gasteiger partial charge in [0.2, 0.25) is 5.88 Å². The fraction of sp³-hybridized carbons (Fsp3) is 0.522. The Morgan fingerprint density at radius 3 is 2.61 bits per heavy atom. The third kappa shape index (κ3) is 4.80. The van der Waals surface area contributed by atoms with Gasteiger partial charge in [-0.3, -0.25) is 14.7 Å². The third-order valence-electron chi connectivity index (χ3n) is 6.54. The smallest absolute Gasteiger partial charge is 0.416 e. The molecule has 6 nitrogen and oxygen atoms in total. The van der Waals surface area contributed by atoms with Crippen molar-refractivity contribution in [3.05, 3.63) is 53.2 Å². The molecule has 1 aliphatic carbocycles. The molecule has 1 aromatic heterocycles. The number of nitrogens with zero attached hydrogens (tertiary/aromatic N) is 4. The zero-order chi connectivity index (χ0) is 23.2. The van der Waals surface area contributed by atoms with Gasteiger partial charge in [0.25, 0.3) is 5.91 Å². The summed E-state index contributed by atoms with van der Waals surface area (Å²) in [5.41, 5.74) is -0.597. The number of ether oxygens (including phenoxy) is 1. The van der Waals surface area contributed by atoms with E-state index in [1.54, 1.807) is 12.4 Å². The number of fused-ring (bicyclic) bond motifs is 1. The van der Waals surface area contributed by atoms with Gasteiger partial charge in [-0.2, -0.15) is 13.2 Å². The second-order valence-corrected chi connectivity index (χ2v) is 8.98. The Morgan fingerprint density at radius 1 is 1.09 bits per heavy atom. The van der Waals surface area contributed by atoms with E-state index in [1.165, 1.54) is 4.90 Å². The van der Waals surface area contributed by atoms with Crippen LogP contribution in [0.1, 0.15) is 53.2 Å². The maximum Gasteiger partial charge on any atom is 0.416 e. The summed E-state index contributed by atoms with van der Waals surface area (Å²) in [6.45, 7) is 2.06. The molecule has 10 heteroatoms. The van der Waals surface area contributed by atoms with Crippen molar-refractivity contribution >= 4 is 5.91 Å². The maximum atomic E-state index is 14.3. The first-order valence-electron chi connectivity index (χ1n) is 11.2. The fourth-order valence-electron chi connectivity index (χ4n) is 4.67. The predicted molar refractivity (Wildman–Crippen MR) is 110 cm³/mol. The first-order chi connectivity index (χ1) is 15.8. The minimum absolute atomic E-state index is 0.0194. The SMILES string of the molecule is O=C(c1cc(C(F)(F)F)ccc1F)N1CCCN2C[C@H](Oc3cnc(C4CC4)cn3)C[C@@H]2C1. The Bertz CT molecular complexity index is 1030. The molecule has 3 fully saturated rings. The molecule has 3 aliphatic rings. The molecular weight excluding hydrogens is 440 g/mol. The Kier molecular flexibility index (Phi) is 5.72. The molecule has 2 atom stereocenters. The Labute approximate surface area is 188 Å². The average molecular weight is 464 g/mol. The number of rotatable bonds is 4. The fourth-order valence-corrected chi connectivity index (χ4v) is 4.67. The quantitative estimate of drug-likeness (QED) is 0.643. The van der Waals surface area contributed by atoms with E-state index < -0.39 is 29.0 Å². The molecule has 2 saturated heterocycles. The van der Waals surface area contributed by atoms with E-state index in [1.807, 2.05) is 0 Å². The summed E-state index contributed by atoms with van der Waals surface area (Å²) in [6.07, 6.45) is 2.20. The number of alkyl halides is 3. The van der Waals surface area contributed by atoms with Crippen LogP contribution < -0.4 is 4.74 Å². The van der Waals surface area contributed by atoms with Gasteiger partial charge in [0.1, 0.15) is 11.9 Å². The van der Waals surface area contributed by atoms with Gasteiger partial charge < -0.3 is 9.64 Å². The van der Waals surface area contributed by atoms with Crippen LogP contribution in [0.2, 0.25) is 0 Å². The summed E-state index contributed by atoms with van der Waals surface area (Å²) in [7, 11) is 0. The minimum atomic E-state index is -4.64. The molecule has 0 radical (unpaired) electrons. The van der Waals surface area contributed by atoms with Crippen molar-refractivity contribution in [2.24, 2.45) is 0 Å². The molecule has 0 unspecified atom stereocenters. The molecule has 5 rings (SSSR count). The second kappa shape index (κ2) is 8.55. The van der Waals surface area contributed by atoms with Gasteiger partial charge in [-0.1, -0.05) is 0 Å². The highest BCUT2D eigenvalue weighted by Gasteiger charge is 2.38. The lowest BCUT2D eigenvalue weighted by molar-refractivity contribution is -0.137. The molecule has 3 heterocycles. The zero-order valence-corrected chi connectivity index (χ0v) is 17.9. The molecule has 33 heavy (non-hydrogen) atoms. The van der Waals surface area contributed by atoms with Crippen LogP contribution in [0, 0.1) is 5.82 Å². The van der Waals surface area contributed by atoms with Crippen molar-refractivity contribution in [2.75, 3.05) is 26.2 Å². The van der Waals surface area contributed by atoms with E-state index in [0.717, 1.165) is 25.1 Å². The van der Waals surface area contributed by atoms with Gasteiger partial charge in [-0.15, -0.1) is 0 Å². The predicted octanol–water partition coefficient (Wildman–Crippen LogP) is 3.88. The van der Waals surface area contributed by atoms with Crippen molar-refractivity contribution in [3.8, 4) is 5.88 Å². The summed E-state index contributed by atoms with van der Waals surface area (Å²) < 4.78 is 59.4. The first kappa shape index (κ1) is 22.1. The van der Waals surface area contributed by atoms with Crippen molar-refractivity contribution in [1.82, 2.24) is 19.8 Å². The van der Waals surface area contributed by atoms with Crippen LogP contribution in [0.15, 0.2) is 30.6 Å². The molecule has 0 N–H and O–H groups in total. The lowest BCUT2D eigenvalue weighted by Gasteiger charge is -2.25. The summed E-state index contributed by atoms with van der Waals surface area (Å²) in [5.74, 6) is -0.691. The van der Waals surface area contributed by atoms with Gasteiger partial charge in [0, 0.05) is 44.6 Å². The van der Waals surface area contributed by atoms with Crippen LogP contribution >= 0.6 is 0 Å². The van der Waals surface area contributed by atoms with Crippen molar-refractivity contribution in [2.45, 2.75) is 49.9 Å².